The molecule has 1 aromatic rings. The number of rotatable bonds is 3. The quantitative estimate of drug-likeness (QED) is 0.792. The van der Waals surface area contributed by atoms with Crippen molar-refractivity contribution in [2.45, 2.75) is 19.4 Å². The number of nitrogen functional groups attached to an aromatic ring is 1. The largest absolute Gasteiger partial charge is 0.496 e. The summed E-state index contributed by atoms with van der Waals surface area (Å²) in [5, 5.41) is 1.98. The summed E-state index contributed by atoms with van der Waals surface area (Å²) in [5.41, 5.74) is 7.54. The number of hydroxylamine groups is 2. The molecule has 0 aromatic heterocycles. The molecule has 0 atom stereocenters. The smallest absolute Gasteiger partial charge is 0.125 e. The van der Waals surface area contributed by atoms with Gasteiger partial charge in [-0.05, 0) is 18.9 Å². The van der Waals surface area contributed by atoms with Gasteiger partial charge in [0.05, 0.1) is 20.3 Å². The first-order valence-electron chi connectivity index (χ1n) is 5.60. The van der Waals surface area contributed by atoms with E-state index in [9.17, 15) is 0 Å². The Morgan fingerprint density at radius 3 is 3.00 bits per heavy atom. The van der Waals surface area contributed by atoms with Crippen molar-refractivity contribution in [2.24, 2.45) is 0 Å². The lowest BCUT2D eigenvalue weighted by molar-refractivity contribution is -0.187. The van der Waals surface area contributed by atoms with Gasteiger partial charge in [0.25, 0.3) is 0 Å². The molecule has 0 amide bonds. The fourth-order valence-corrected chi connectivity index (χ4v) is 1.85. The second-order valence-corrected chi connectivity index (χ2v) is 3.98. The Morgan fingerprint density at radius 2 is 2.31 bits per heavy atom. The van der Waals surface area contributed by atoms with Gasteiger partial charge in [0.2, 0.25) is 0 Å². The monoisotopic (exact) mass is 222 g/mol. The summed E-state index contributed by atoms with van der Waals surface area (Å²) >= 11 is 0. The first-order chi connectivity index (χ1) is 7.79. The van der Waals surface area contributed by atoms with Crippen LogP contribution in [0.25, 0.3) is 0 Å². The third kappa shape index (κ3) is 2.65. The Hall–Kier alpha value is -1.26. The number of hydrogen-bond acceptors (Lipinski definition) is 4. The average molecular weight is 222 g/mol. The molecule has 1 saturated heterocycles. The van der Waals surface area contributed by atoms with Gasteiger partial charge in [0.15, 0.2) is 0 Å². The van der Waals surface area contributed by atoms with E-state index in [1.165, 1.54) is 6.42 Å². The van der Waals surface area contributed by atoms with Crippen molar-refractivity contribution in [1.29, 1.82) is 0 Å². The van der Waals surface area contributed by atoms with Crippen molar-refractivity contribution in [1.82, 2.24) is 5.06 Å². The van der Waals surface area contributed by atoms with Gasteiger partial charge >= 0.3 is 0 Å². The van der Waals surface area contributed by atoms with Crippen molar-refractivity contribution in [2.75, 3.05) is 26.0 Å². The van der Waals surface area contributed by atoms with E-state index in [4.69, 9.17) is 15.3 Å². The molecule has 2 rings (SSSR count). The van der Waals surface area contributed by atoms with Crippen LogP contribution < -0.4 is 10.5 Å². The van der Waals surface area contributed by atoms with Gasteiger partial charge in [0.1, 0.15) is 5.75 Å². The molecule has 0 bridgehead atoms. The average Bonchev–Trinajstić information content (AvgIpc) is 2.33. The standard InChI is InChI=1S/C12H18N2O2/c1-15-12-8-11(13)5-4-10(12)9-14-6-2-3-7-16-14/h4-5,8H,2-3,6-7,9,13H2,1H3. The Labute approximate surface area is 95.9 Å². The van der Waals surface area contributed by atoms with Crippen molar-refractivity contribution in [3.05, 3.63) is 23.8 Å². The first-order valence-corrected chi connectivity index (χ1v) is 5.60. The molecule has 4 nitrogen and oxygen atoms in total. The second-order valence-electron chi connectivity index (χ2n) is 3.98. The van der Waals surface area contributed by atoms with Crippen LogP contribution >= 0.6 is 0 Å². The molecule has 88 valence electrons. The van der Waals surface area contributed by atoms with E-state index in [2.05, 4.69) is 0 Å². The van der Waals surface area contributed by atoms with Crippen LogP contribution in [0.5, 0.6) is 5.75 Å². The number of ether oxygens (including phenoxy) is 1. The minimum atomic E-state index is 0.722. The fourth-order valence-electron chi connectivity index (χ4n) is 1.85. The lowest BCUT2D eigenvalue weighted by Gasteiger charge is -2.26. The molecular formula is C12H18N2O2. The molecule has 0 spiro atoms. The molecule has 1 aromatic carbocycles. The maximum absolute atomic E-state index is 5.71. The summed E-state index contributed by atoms with van der Waals surface area (Å²) in [4.78, 5) is 5.56. The van der Waals surface area contributed by atoms with E-state index >= 15 is 0 Å². The minimum absolute atomic E-state index is 0.722. The van der Waals surface area contributed by atoms with Crippen LogP contribution in [-0.2, 0) is 11.4 Å². The highest BCUT2D eigenvalue weighted by Gasteiger charge is 2.13. The lowest BCUT2D eigenvalue weighted by Crippen LogP contribution is -2.29. The molecule has 0 unspecified atom stereocenters. The molecule has 0 saturated carbocycles. The van der Waals surface area contributed by atoms with Crippen molar-refractivity contribution >= 4 is 5.69 Å². The van der Waals surface area contributed by atoms with Crippen LogP contribution in [0, 0.1) is 0 Å². The normalized spacial score (nSPS) is 17.3. The van der Waals surface area contributed by atoms with Crippen LogP contribution in [-0.4, -0.2) is 25.3 Å². The van der Waals surface area contributed by atoms with E-state index in [1.54, 1.807) is 7.11 Å². The van der Waals surface area contributed by atoms with Gasteiger partial charge in [-0.25, -0.2) is 0 Å². The molecule has 0 aliphatic carbocycles. The van der Waals surface area contributed by atoms with Crippen molar-refractivity contribution in [3.8, 4) is 5.75 Å². The van der Waals surface area contributed by atoms with E-state index < -0.39 is 0 Å². The van der Waals surface area contributed by atoms with Crippen LogP contribution in [0.1, 0.15) is 18.4 Å². The van der Waals surface area contributed by atoms with Gasteiger partial charge < -0.3 is 10.5 Å². The predicted octanol–water partition coefficient (Wildman–Crippen LogP) is 1.80. The Kier molecular flexibility index (Phi) is 3.64. The SMILES string of the molecule is COc1cc(N)ccc1CN1CCCCO1. The van der Waals surface area contributed by atoms with Gasteiger partial charge in [-0.15, -0.1) is 0 Å². The Morgan fingerprint density at radius 1 is 1.44 bits per heavy atom. The van der Waals surface area contributed by atoms with E-state index in [0.29, 0.717) is 0 Å². The molecule has 0 radical (unpaired) electrons. The first kappa shape index (κ1) is 11.2. The van der Waals surface area contributed by atoms with E-state index in [-0.39, 0.29) is 0 Å². The summed E-state index contributed by atoms with van der Waals surface area (Å²) in [6.07, 6.45) is 2.34. The van der Waals surface area contributed by atoms with Gasteiger partial charge in [-0.1, -0.05) is 6.07 Å². The van der Waals surface area contributed by atoms with Gasteiger partial charge in [-0.2, -0.15) is 5.06 Å². The number of benzene rings is 1. The summed E-state index contributed by atoms with van der Waals surface area (Å²) < 4.78 is 5.31. The highest BCUT2D eigenvalue weighted by atomic mass is 16.7. The van der Waals surface area contributed by atoms with Crippen molar-refractivity contribution < 1.29 is 9.57 Å². The Balaban J connectivity index is 2.07. The van der Waals surface area contributed by atoms with Gasteiger partial charge in [-0.3, -0.25) is 4.84 Å². The zero-order chi connectivity index (χ0) is 11.4. The maximum Gasteiger partial charge on any atom is 0.125 e. The number of anilines is 1. The molecule has 16 heavy (non-hydrogen) atoms. The summed E-state index contributed by atoms with van der Waals surface area (Å²) in [6.45, 7) is 2.55. The number of hydrogen-bond donors (Lipinski definition) is 1. The minimum Gasteiger partial charge on any atom is -0.496 e. The zero-order valence-electron chi connectivity index (χ0n) is 9.61. The van der Waals surface area contributed by atoms with E-state index in [1.807, 2.05) is 23.3 Å². The van der Waals surface area contributed by atoms with Crippen LogP contribution in [0.4, 0.5) is 5.69 Å². The fraction of sp³-hybridized carbons (Fsp3) is 0.500. The summed E-state index contributed by atoms with van der Waals surface area (Å²) in [6, 6.07) is 5.73. The number of nitrogens with zero attached hydrogens (tertiary/aromatic N) is 1. The molecule has 1 heterocycles. The van der Waals surface area contributed by atoms with E-state index in [0.717, 1.165) is 43.1 Å². The highest BCUT2D eigenvalue weighted by Crippen LogP contribution is 2.23. The molecule has 4 heteroatoms. The number of methoxy groups -OCH3 is 1. The lowest BCUT2D eigenvalue weighted by atomic mass is 10.1. The molecular weight excluding hydrogens is 204 g/mol. The molecule has 1 aliphatic rings. The third-order valence-corrected chi connectivity index (χ3v) is 2.73. The highest BCUT2D eigenvalue weighted by molar-refractivity contribution is 5.48. The van der Waals surface area contributed by atoms with Crippen LogP contribution in [0.15, 0.2) is 18.2 Å². The van der Waals surface area contributed by atoms with Crippen LogP contribution in [0.2, 0.25) is 0 Å². The summed E-state index contributed by atoms with van der Waals surface area (Å²) in [7, 11) is 1.66. The maximum atomic E-state index is 5.71. The molecule has 1 aliphatic heterocycles. The van der Waals surface area contributed by atoms with Gasteiger partial charge in [0, 0.05) is 23.9 Å². The Bertz CT molecular complexity index is 349. The summed E-state index contributed by atoms with van der Waals surface area (Å²) in [5.74, 6) is 0.828. The zero-order valence-corrected chi connectivity index (χ0v) is 9.61. The molecule has 1 fully saturated rings. The van der Waals surface area contributed by atoms with Crippen LogP contribution in [0.3, 0.4) is 0 Å². The topological polar surface area (TPSA) is 47.7 Å². The predicted molar refractivity (Wildman–Crippen MR) is 63.0 cm³/mol. The second kappa shape index (κ2) is 5.18. The molecule has 2 N–H and O–H groups in total. The van der Waals surface area contributed by atoms with Crippen molar-refractivity contribution in [3.63, 3.8) is 0 Å². The number of nitrogens with two attached hydrogens (primary N) is 1. The third-order valence-electron chi connectivity index (χ3n) is 2.73.